The zero-order chi connectivity index (χ0) is 20.4. The molecule has 7 nitrogen and oxygen atoms in total. The summed E-state index contributed by atoms with van der Waals surface area (Å²) in [6.07, 6.45) is 1.78. The molecule has 2 N–H and O–H groups in total. The summed E-state index contributed by atoms with van der Waals surface area (Å²) in [5, 5.41) is 10.0. The van der Waals surface area contributed by atoms with E-state index in [0.717, 1.165) is 32.2 Å². The summed E-state index contributed by atoms with van der Waals surface area (Å²) in [6, 6.07) is 10.1. The average Bonchev–Trinajstić information content (AvgIpc) is 3.27. The van der Waals surface area contributed by atoms with Crippen LogP contribution in [0.1, 0.15) is 41.7 Å². The van der Waals surface area contributed by atoms with Gasteiger partial charge in [-0.05, 0) is 42.2 Å². The van der Waals surface area contributed by atoms with E-state index in [2.05, 4.69) is 53.1 Å². The molecule has 150 valence electrons. The zero-order valence-corrected chi connectivity index (χ0v) is 18.1. The molecule has 9 heteroatoms. The number of rotatable bonds is 7. The minimum Gasteiger partial charge on any atom is -0.485 e. The number of hydrogen-bond donors (Lipinski definition) is 1. The van der Waals surface area contributed by atoms with Gasteiger partial charge in [0, 0.05) is 6.20 Å². The van der Waals surface area contributed by atoms with E-state index in [1.54, 1.807) is 17.5 Å². The lowest BCUT2D eigenvalue weighted by molar-refractivity contribution is 0.287. The Hall–Kier alpha value is -2.65. The van der Waals surface area contributed by atoms with E-state index in [4.69, 9.17) is 10.6 Å². The third-order valence-electron chi connectivity index (χ3n) is 4.42. The number of benzene rings is 1. The van der Waals surface area contributed by atoms with Gasteiger partial charge >= 0.3 is 0 Å². The van der Waals surface area contributed by atoms with Crippen LogP contribution in [0, 0.1) is 6.92 Å². The number of nitrogens with two attached hydrogens (primary N) is 1. The maximum Gasteiger partial charge on any atom is 0.210 e. The highest BCUT2D eigenvalue weighted by molar-refractivity contribution is 7.98. The molecule has 29 heavy (non-hydrogen) atoms. The summed E-state index contributed by atoms with van der Waals surface area (Å²) >= 11 is 3.07. The highest BCUT2D eigenvalue weighted by Crippen LogP contribution is 2.29. The highest BCUT2D eigenvalue weighted by atomic mass is 32.2. The first-order chi connectivity index (χ1) is 14.0. The summed E-state index contributed by atoms with van der Waals surface area (Å²) in [4.78, 5) is 9.85. The minimum atomic E-state index is 0.262. The number of nitrogens with zero attached hydrogens (tertiary/aromatic N) is 5. The number of ether oxygens (including phenoxy) is 1. The monoisotopic (exact) mass is 426 g/mol. The molecule has 0 aliphatic carbocycles. The first-order valence-corrected chi connectivity index (χ1v) is 11.1. The fraction of sp³-hybridized carbons (Fsp3) is 0.300. The number of fused-ring (bicyclic) bond motifs is 1. The molecule has 4 rings (SSSR count). The first-order valence-electron chi connectivity index (χ1n) is 9.27. The Morgan fingerprint density at radius 3 is 2.90 bits per heavy atom. The summed E-state index contributed by atoms with van der Waals surface area (Å²) in [7, 11) is 0. The van der Waals surface area contributed by atoms with E-state index in [-0.39, 0.29) is 6.61 Å². The smallest absolute Gasteiger partial charge is 0.210 e. The average molecular weight is 427 g/mol. The van der Waals surface area contributed by atoms with Gasteiger partial charge in [0.15, 0.2) is 5.82 Å². The zero-order valence-electron chi connectivity index (χ0n) is 16.5. The summed E-state index contributed by atoms with van der Waals surface area (Å²) < 4.78 is 7.52. The van der Waals surface area contributed by atoms with Gasteiger partial charge in [0.25, 0.3) is 0 Å². The van der Waals surface area contributed by atoms with Crippen molar-refractivity contribution < 1.29 is 4.74 Å². The van der Waals surface area contributed by atoms with Crippen LogP contribution in [0.25, 0.3) is 10.3 Å². The SMILES string of the molecule is Cc1ccc(C(C)C)c(OCc2nnc(SCc3nc4cccnc4s3)n2N)c1. The number of hydrogen-bond acceptors (Lipinski definition) is 8. The molecule has 0 unspecified atom stereocenters. The van der Waals surface area contributed by atoms with Gasteiger partial charge in [-0.15, -0.1) is 10.2 Å². The Kier molecular flexibility index (Phi) is 5.68. The molecule has 3 heterocycles. The third kappa shape index (κ3) is 4.35. The van der Waals surface area contributed by atoms with Gasteiger partial charge < -0.3 is 10.6 Å². The lowest BCUT2D eigenvalue weighted by atomic mass is 10.0. The largest absolute Gasteiger partial charge is 0.485 e. The van der Waals surface area contributed by atoms with Crippen molar-refractivity contribution >= 4 is 33.4 Å². The van der Waals surface area contributed by atoms with Crippen molar-refractivity contribution in [3.05, 3.63) is 58.5 Å². The summed E-state index contributed by atoms with van der Waals surface area (Å²) in [6.45, 7) is 6.61. The molecule has 0 aliphatic rings. The predicted octanol–water partition coefficient (Wildman–Crippen LogP) is 4.30. The lowest BCUT2D eigenvalue weighted by Gasteiger charge is -2.14. The molecular weight excluding hydrogens is 404 g/mol. The molecule has 0 atom stereocenters. The number of aromatic nitrogens is 5. The normalized spacial score (nSPS) is 11.4. The maximum atomic E-state index is 6.20. The van der Waals surface area contributed by atoms with Crippen molar-refractivity contribution in [2.75, 3.05) is 5.84 Å². The van der Waals surface area contributed by atoms with Gasteiger partial charge in [-0.2, -0.15) is 0 Å². The fourth-order valence-electron chi connectivity index (χ4n) is 2.89. The van der Waals surface area contributed by atoms with Gasteiger partial charge in [-0.1, -0.05) is 49.1 Å². The molecule has 0 aliphatic heterocycles. The second kappa shape index (κ2) is 8.38. The van der Waals surface area contributed by atoms with E-state index < -0.39 is 0 Å². The Morgan fingerprint density at radius 1 is 1.24 bits per heavy atom. The van der Waals surface area contributed by atoms with Crippen LogP contribution in [-0.2, 0) is 12.4 Å². The van der Waals surface area contributed by atoms with Crippen LogP contribution in [-0.4, -0.2) is 24.8 Å². The van der Waals surface area contributed by atoms with Gasteiger partial charge in [-0.3, -0.25) is 0 Å². The van der Waals surface area contributed by atoms with Gasteiger partial charge in [0.1, 0.15) is 27.7 Å². The van der Waals surface area contributed by atoms with Crippen LogP contribution in [0.4, 0.5) is 0 Å². The molecular formula is C20H22N6OS2. The Bertz CT molecular complexity index is 1100. The topological polar surface area (TPSA) is 91.7 Å². The molecule has 0 bridgehead atoms. The maximum absolute atomic E-state index is 6.20. The van der Waals surface area contributed by atoms with Crippen LogP contribution >= 0.6 is 23.1 Å². The van der Waals surface area contributed by atoms with Crippen molar-refractivity contribution in [2.45, 2.75) is 44.2 Å². The predicted molar refractivity (Wildman–Crippen MR) is 117 cm³/mol. The van der Waals surface area contributed by atoms with Gasteiger partial charge in [0.2, 0.25) is 5.16 Å². The fourth-order valence-corrected chi connectivity index (χ4v) is 4.66. The molecule has 0 saturated carbocycles. The Labute approximate surface area is 177 Å². The first kappa shape index (κ1) is 19.7. The van der Waals surface area contributed by atoms with Crippen LogP contribution in [0.5, 0.6) is 5.75 Å². The van der Waals surface area contributed by atoms with Crippen molar-refractivity contribution in [3.8, 4) is 5.75 Å². The van der Waals surface area contributed by atoms with E-state index in [1.165, 1.54) is 16.4 Å². The number of nitrogen functional groups attached to an aromatic ring is 1. The molecule has 1 aromatic carbocycles. The quantitative estimate of drug-likeness (QED) is 0.348. The molecule has 0 spiro atoms. The second-order valence-corrected chi connectivity index (χ2v) is 8.98. The van der Waals surface area contributed by atoms with E-state index in [0.29, 0.717) is 22.7 Å². The Balaban J connectivity index is 1.43. The van der Waals surface area contributed by atoms with E-state index in [9.17, 15) is 0 Å². The lowest BCUT2D eigenvalue weighted by Crippen LogP contribution is -2.16. The van der Waals surface area contributed by atoms with Crippen LogP contribution in [0.15, 0.2) is 41.7 Å². The standard InChI is InChI=1S/C20H22N6OS2/c1-12(2)14-7-6-13(3)9-16(14)27-10-17-24-25-20(26(17)21)28-11-18-23-15-5-4-8-22-19(15)29-18/h4-9,12H,10-11,21H2,1-3H3. The van der Waals surface area contributed by atoms with Gasteiger partial charge in [-0.25, -0.2) is 14.6 Å². The molecule has 0 saturated heterocycles. The van der Waals surface area contributed by atoms with Gasteiger partial charge in [0.05, 0.1) is 5.75 Å². The molecule has 0 radical (unpaired) electrons. The number of aryl methyl sites for hydroxylation is 1. The van der Waals surface area contributed by atoms with Crippen LogP contribution in [0.2, 0.25) is 0 Å². The van der Waals surface area contributed by atoms with Crippen LogP contribution in [0.3, 0.4) is 0 Å². The van der Waals surface area contributed by atoms with Crippen molar-refractivity contribution in [1.29, 1.82) is 0 Å². The second-order valence-electron chi connectivity index (χ2n) is 6.98. The summed E-state index contributed by atoms with van der Waals surface area (Å²) in [5.41, 5.74) is 3.23. The molecule has 3 aromatic heterocycles. The molecule has 0 fully saturated rings. The van der Waals surface area contributed by atoms with E-state index in [1.807, 2.05) is 18.2 Å². The Morgan fingerprint density at radius 2 is 2.10 bits per heavy atom. The number of thiazole rings is 1. The number of thioether (sulfide) groups is 1. The molecule has 0 amide bonds. The highest BCUT2D eigenvalue weighted by Gasteiger charge is 2.14. The van der Waals surface area contributed by atoms with Crippen LogP contribution < -0.4 is 10.6 Å². The van der Waals surface area contributed by atoms with E-state index >= 15 is 0 Å². The van der Waals surface area contributed by atoms with Crippen molar-refractivity contribution in [1.82, 2.24) is 24.8 Å². The van der Waals surface area contributed by atoms with Crippen molar-refractivity contribution in [2.24, 2.45) is 0 Å². The minimum absolute atomic E-state index is 0.262. The molecule has 4 aromatic rings. The number of pyridine rings is 1. The third-order valence-corrected chi connectivity index (χ3v) is 6.53. The summed E-state index contributed by atoms with van der Waals surface area (Å²) in [5.74, 6) is 8.67. The van der Waals surface area contributed by atoms with Crippen molar-refractivity contribution in [3.63, 3.8) is 0 Å².